The Morgan fingerprint density at radius 3 is 2.79 bits per heavy atom. The van der Waals surface area contributed by atoms with Gasteiger partial charge in [-0.3, -0.25) is 0 Å². The lowest BCUT2D eigenvalue weighted by atomic mass is 9.91. The molecule has 1 rings (SSSR count). The van der Waals surface area contributed by atoms with Crippen LogP contribution in [0.2, 0.25) is 0 Å². The zero-order valence-corrected chi connectivity index (χ0v) is 7.90. The molecule has 14 heavy (non-hydrogen) atoms. The Labute approximate surface area is 82.5 Å². The van der Waals surface area contributed by atoms with Crippen LogP contribution in [-0.2, 0) is 9.53 Å². The first kappa shape index (κ1) is 10.9. The van der Waals surface area contributed by atoms with Gasteiger partial charge in [-0.25, -0.2) is 4.79 Å². The average Bonchev–Trinajstić information content (AvgIpc) is 2.20. The Hall–Kier alpha value is -1.13. The fraction of sp³-hybridized carbons (Fsp3) is 0.500. The fourth-order valence-corrected chi connectivity index (χ4v) is 1.53. The Balaban J connectivity index is 3.00. The van der Waals surface area contributed by atoms with Gasteiger partial charge < -0.3 is 14.9 Å². The molecule has 1 aliphatic rings. The second-order valence-corrected chi connectivity index (χ2v) is 3.07. The molecule has 0 radical (unpaired) electrons. The first-order valence-corrected chi connectivity index (χ1v) is 4.47. The Bertz CT molecular complexity index is 267. The molecule has 78 valence electrons. The van der Waals surface area contributed by atoms with Crippen LogP contribution in [0.4, 0.5) is 0 Å². The van der Waals surface area contributed by atoms with Gasteiger partial charge in [0.2, 0.25) is 0 Å². The van der Waals surface area contributed by atoms with Crippen molar-refractivity contribution >= 4 is 5.97 Å². The molecule has 0 aliphatic carbocycles. The van der Waals surface area contributed by atoms with E-state index in [1.54, 1.807) is 6.08 Å². The van der Waals surface area contributed by atoms with Crippen LogP contribution in [0.1, 0.15) is 6.42 Å². The van der Waals surface area contributed by atoms with E-state index in [9.17, 15) is 4.79 Å². The van der Waals surface area contributed by atoms with E-state index in [1.807, 2.05) is 0 Å². The molecule has 0 amide bonds. The van der Waals surface area contributed by atoms with Gasteiger partial charge in [0.05, 0.1) is 25.4 Å². The van der Waals surface area contributed by atoms with E-state index in [0.29, 0.717) is 13.0 Å². The zero-order valence-electron chi connectivity index (χ0n) is 7.90. The predicted octanol–water partition coefficient (Wildman–Crippen LogP) is 0.0167. The van der Waals surface area contributed by atoms with Gasteiger partial charge in [-0.2, -0.15) is 0 Å². The Morgan fingerprint density at radius 1 is 1.57 bits per heavy atom. The fourth-order valence-electron chi connectivity index (χ4n) is 1.53. The van der Waals surface area contributed by atoms with Crippen LogP contribution in [-0.4, -0.2) is 36.0 Å². The predicted molar refractivity (Wildman–Crippen MR) is 50.5 cm³/mol. The molecule has 4 nitrogen and oxygen atoms in total. The monoisotopic (exact) mass is 198 g/mol. The van der Waals surface area contributed by atoms with Crippen molar-refractivity contribution in [2.24, 2.45) is 5.92 Å². The third kappa shape index (κ3) is 2.02. The number of carbonyl (C=O) groups is 1. The molecule has 0 saturated carbocycles. The van der Waals surface area contributed by atoms with Crippen LogP contribution in [0.25, 0.3) is 0 Å². The van der Waals surface area contributed by atoms with Crippen LogP contribution in [0.3, 0.4) is 0 Å². The maximum absolute atomic E-state index is 11.2. The molecular formula is C10H14O4. The molecular weight excluding hydrogens is 184 g/mol. The van der Waals surface area contributed by atoms with Crippen molar-refractivity contribution in [3.05, 3.63) is 23.8 Å². The summed E-state index contributed by atoms with van der Waals surface area (Å²) in [5.74, 6) is -0.751. The summed E-state index contributed by atoms with van der Waals surface area (Å²) >= 11 is 0. The Kier molecular flexibility index (Phi) is 3.85. The summed E-state index contributed by atoms with van der Waals surface area (Å²) in [7, 11) is 0. The normalized spacial score (nSPS) is 19.1. The molecule has 0 saturated heterocycles. The van der Waals surface area contributed by atoms with E-state index >= 15 is 0 Å². The molecule has 1 unspecified atom stereocenters. The molecule has 0 spiro atoms. The molecule has 0 fully saturated rings. The number of cyclic esters (lactones) is 1. The van der Waals surface area contributed by atoms with E-state index in [0.717, 1.165) is 5.57 Å². The molecule has 1 atom stereocenters. The average molecular weight is 198 g/mol. The van der Waals surface area contributed by atoms with E-state index in [1.165, 1.54) is 0 Å². The van der Waals surface area contributed by atoms with Crippen LogP contribution in [0.5, 0.6) is 0 Å². The largest absolute Gasteiger partial charge is 0.462 e. The van der Waals surface area contributed by atoms with Crippen molar-refractivity contribution in [2.45, 2.75) is 6.42 Å². The minimum absolute atomic E-state index is 0.102. The summed E-state index contributed by atoms with van der Waals surface area (Å²) in [5.41, 5.74) is 0.997. The van der Waals surface area contributed by atoms with Gasteiger partial charge in [-0.05, 0) is 5.57 Å². The summed E-state index contributed by atoms with van der Waals surface area (Å²) in [4.78, 5) is 11.2. The molecule has 0 aromatic carbocycles. The van der Waals surface area contributed by atoms with Crippen molar-refractivity contribution in [2.75, 3.05) is 19.8 Å². The highest BCUT2D eigenvalue weighted by Crippen LogP contribution is 2.24. The van der Waals surface area contributed by atoms with Crippen molar-refractivity contribution in [3.8, 4) is 0 Å². The lowest BCUT2D eigenvalue weighted by molar-refractivity contribution is -0.140. The maximum Gasteiger partial charge on any atom is 0.336 e. The second-order valence-electron chi connectivity index (χ2n) is 3.07. The van der Waals surface area contributed by atoms with Gasteiger partial charge in [0.25, 0.3) is 0 Å². The SMILES string of the molecule is C=CC(CO)C1=C(CO)C(=O)OCC1. The van der Waals surface area contributed by atoms with Gasteiger partial charge in [0.1, 0.15) is 0 Å². The summed E-state index contributed by atoms with van der Waals surface area (Å²) < 4.78 is 4.78. The van der Waals surface area contributed by atoms with E-state index < -0.39 is 5.97 Å². The number of hydrogen-bond donors (Lipinski definition) is 2. The van der Waals surface area contributed by atoms with Gasteiger partial charge >= 0.3 is 5.97 Å². The van der Waals surface area contributed by atoms with Gasteiger partial charge in [-0.1, -0.05) is 6.08 Å². The maximum atomic E-state index is 11.2. The number of aliphatic hydroxyl groups is 2. The van der Waals surface area contributed by atoms with Crippen LogP contribution < -0.4 is 0 Å². The second kappa shape index (κ2) is 4.93. The quantitative estimate of drug-likeness (QED) is 0.493. The number of esters is 1. The van der Waals surface area contributed by atoms with E-state index in [4.69, 9.17) is 14.9 Å². The van der Waals surface area contributed by atoms with E-state index in [-0.39, 0.29) is 24.7 Å². The van der Waals surface area contributed by atoms with Crippen molar-refractivity contribution in [1.29, 1.82) is 0 Å². The highest BCUT2D eigenvalue weighted by molar-refractivity contribution is 5.90. The summed E-state index contributed by atoms with van der Waals surface area (Å²) in [5, 5.41) is 18.0. The molecule has 4 heteroatoms. The number of rotatable bonds is 4. The summed E-state index contributed by atoms with van der Waals surface area (Å²) in [6.45, 7) is 3.43. The summed E-state index contributed by atoms with van der Waals surface area (Å²) in [6, 6.07) is 0. The minimum Gasteiger partial charge on any atom is -0.462 e. The molecule has 1 aliphatic heterocycles. The number of hydrogen-bond acceptors (Lipinski definition) is 4. The van der Waals surface area contributed by atoms with Gasteiger partial charge in [0, 0.05) is 12.3 Å². The lowest BCUT2D eigenvalue weighted by Gasteiger charge is -2.22. The van der Waals surface area contributed by atoms with Crippen molar-refractivity contribution < 1.29 is 19.7 Å². The summed E-state index contributed by atoms with van der Waals surface area (Å²) in [6.07, 6.45) is 2.13. The third-order valence-corrected chi connectivity index (χ3v) is 2.33. The molecule has 1 heterocycles. The minimum atomic E-state index is -0.492. The first-order valence-electron chi connectivity index (χ1n) is 4.47. The molecule has 0 aromatic heterocycles. The van der Waals surface area contributed by atoms with Crippen molar-refractivity contribution in [1.82, 2.24) is 0 Å². The number of carbonyl (C=O) groups excluding carboxylic acids is 1. The van der Waals surface area contributed by atoms with Gasteiger partial charge in [0.15, 0.2) is 0 Å². The zero-order chi connectivity index (χ0) is 10.6. The highest BCUT2D eigenvalue weighted by Gasteiger charge is 2.24. The molecule has 2 N–H and O–H groups in total. The van der Waals surface area contributed by atoms with Crippen LogP contribution in [0, 0.1) is 5.92 Å². The number of ether oxygens (including phenoxy) is 1. The van der Waals surface area contributed by atoms with Crippen molar-refractivity contribution in [3.63, 3.8) is 0 Å². The highest BCUT2D eigenvalue weighted by atomic mass is 16.5. The number of aliphatic hydroxyl groups excluding tert-OH is 2. The van der Waals surface area contributed by atoms with E-state index in [2.05, 4.69) is 6.58 Å². The van der Waals surface area contributed by atoms with Crippen LogP contribution in [0.15, 0.2) is 23.8 Å². The topological polar surface area (TPSA) is 66.8 Å². The first-order chi connectivity index (χ1) is 6.74. The lowest BCUT2D eigenvalue weighted by Crippen LogP contribution is -2.24. The smallest absolute Gasteiger partial charge is 0.336 e. The third-order valence-electron chi connectivity index (χ3n) is 2.33. The molecule has 0 aromatic rings. The van der Waals surface area contributed by atoms with Crippen LogP contribution >= 0.6 is 0 Å². The Morgan fingerprint density at radius 2 is 2.29 bits per heavy atom. The van der Waals surface area contributed by atoms with Gasteiger partial charge in [-0.15, -0.1) is 6.58 Å². The molecule has 0 bridgehead atoms. The standard InChI is InChI=1S/C10H14O4/c1-2-7(5-11)8-3-4-14-10(13)9(8)6-12/h2,7,11-12H,1,3-6H2.